The van der Waals surface area contributed by atoms with E-state index in [1.54, 1.807) is 24.3 Å². The number of aryl methyl sites for hydroxylation is 1. The Labute approximate surface area is 179 Å². The maximum atomic E-state index is 12.6. The molecule has 0 atom stereocenters. The van der Waals surface area contributed by atoms with Gasteiger partial charge in [0.1, 0.15) is 5.82 Å². The highest BCUT2D eigenvalue weighted by molar-refractivity contribution is 7.99. The second-order valence-electron chi connectivity index (χ2n) is 7.23. The molecule has 1 fully saturated rings. The highest BCUT2D eigenvalue weighted by Crippen LogP contribution is 2.23. The van der Waals surface area contributed by atoms with Crippen LogP contribution in [0.1, 0.15) is 34.6 Å². The van der Waals surface area contributed by atoms with E-state index in [-0.39, 0.29) is 23.6 Å². The molecule has 0 radical (unpaired) electrons. The van der Waals surface area contributed by atoms with Gasteiger partial charge in [-0.15, -0.1) is 10.2 Å². The minimum Gasteiger partial charge on any atom is -0.349 e. The molecule has 8 heteroatoms. The molecule has 7 nitrogen and oxygen atoms in total. The number of carbonyl (C=O) groups is 2. The molecule has 2 amide bonds. The van der Waals surface area contributed by atoms with Crippen LogP contribution in [0, 0.1) is 6.92 Å². The Morgan fingerprint density at radius 1 is 1.07 bits per heavy atom. The Morgan fingerprint density at radius 3 is 2.57 bits per heavy atom. The number of para-hydroxylation sites is 1. The molecule has 0 saturated heterocycles. The van der Waals surface area contributed by atoms with E-state index in [0.717, 1.165) is 24.2 Å². The number of nitrogens with one attached hydrogen (secondary N) is 2. The topological polar surface area (TPSA) is 88.9 Å². The molecule has 0 spiro atoms. The summed E-state index contributed by atoms with van der Waals surface area (Å²) in [5, 5.41) is 14.9. The molecular formula is C22H23N5O2S. The first kappa shape index (κ1) is 20.2. The van der Waals surface area contributed by atoms with Crippen molar-refractivity contribution in [1.82, 2.24) is 20.1 Å². The quantitative estimate of drug-likeness (QED) is 0.545. The summed E-state index contributed by atoms with van der Waals surface area (Å²) in [6.07, 6.45) is 2.03. The smallest absolute Gasteiger partial charge is 0.253 e. The zero-order valence-corrected chi connectivity index (χ0v) is 17.5. The molecule has 1 aliphatic rings. The van der Waals surface area contributed by atoms with E-state index < -0.39 is 0 Å². The zero-order chi connectivity index (χ0) is 20.9. The van der Waals surface area contributed by atoms with Gasteiger partial charge in [-0.05, 0) is 37.5 Å². The summed E-state index contributed by atoms with van der Waals surface area (Å²) < 4.78 is 1.99. The summed E-state index contributed by atoms with van der Waals surface area (Å²) >= 11 is 1.33. The van der Waals surface area contributed by atoms with Crippen molar-refractivity contribution in [3.05, 3.63) is 71.5 Å². The third kappa shape index (κ3) is 5.07. The maximum Gasteiger partial charge on any atom is 0.253 e. The van der Waals surface area contributed by atoms with E-state index in [1.807, 2.05) is 41.8 Å². The van der Waals surface area contributed by atoms with Crippen molar-refractivity contribution in [2.24, 2.45) is 0 Å². The van der Waals surface area contributed by atoms with E-state index in [0.29, 0.717) is 23.0 Å². The van der Waals surface area contributed by atoms with Crippen LogP contribution in [-0.2, 0) is 11.3 Å². The summed E-state index contributed by atoms with van der Waals surface area (Å²) in [7, 11) is 0. The van der Waals surface area contributed by atoms with Crippen LogP contribution in [0.4, 0.5) is 5.69 Å². The zero-order valence-electron chi connectivity index (χ0n) is 16.7. The van der Waals surface area contributed by atoms with Crippen molar-refractivity contribution < 1.29 is 9.59 Å². The molecule has 1 heterocycles. The molecule has 2 aromatic carbocycles. The van der Waals surface area contributed by atoms with Crippen molar-refractivity contribution >= 4 is 29.3 Å². The highest BCUT2D eigenvalue weighted by atomic mass is 32.2. The Morgan fingerprint density at radius 2 is 1.80 bits per heavy atom. The molecule has 0 aliphatic heterocycles. The van der Waals surface area contributed by atoms with Crippen molar-refractivity contribution in [2.45, 2.75) is 37.5 Å². The largest absolute Gasteiger partial charge is 0.349 e. The summed E-state index contributed by atoms with van der Waals surface area (Å²) in [5.74, 6) is 0.618. The normalized spacial score (nSPS) is 13.1. The number of rotatable bonds is 8. The van der Waals surface area contributed by atoms with Crippen LogP contribution in [0.3, 0.4) is 0 Å². The van der Waals surface area contributed by atoms with Crippen molar-refractivity contribution in [1.29, 1.82) is 0 Å². The predicted octanol–water partition coefficient (Wildman–Crippen LogP) is 3.26. The fraction of sp³-hybridized carbons (Fsp3) is 0.273. The lowest BCUT2D eigenvalue weighted by molar-refractivity contribution is -0.113. The summed E-state index contributed by atoms with van der Waals surface area (Å²) in [6, 6.07) is 17.4. The van der Waals surface area contributed by atoms with Gasteiger partial charge in [-0.1, -0.05) is 54.2 Å². The molecule has 1 aliphatic carbocycles. The lowest BCUT2D eigenvalue weighted by Crippen LogP contribution is -2.27. The first-order chi connectivity index (χ1) is 14.6. The first-order valence-corrected chi connectivity index (χ1v) is 10.8. The van der Waals surface area contributed by atoms with Crippen molar-refractivity contribution in [3.63, 3.8) is 0 Å². The van der Waals surface area contributed by atoms with E-state index in [1.165, 1.54) is 11.8 Å². The molecule has 2 N–H and O–H groups in total. The van der Waals surface area contributed by atoms with Gasteiger partial charge in [0, 0.05) is 6.04 Å². The van der Waals surface area contributed by atoms with Crippen LogP contribution in [0.25, 0.3) is 0 Å². The monoisotopic (exact) mass is 421 g/mol. The third-order valence-electron chi connectivity index (χ3n) is 4.78. The molecule has 1 aromatic heterocycles. The minimum atomic E-state index is -0.196. The lowest BCUT2D eigenvalue weighted by Gasteiger charge is -2.11. The standard InChI is InChI=1S/C22H23N5O2S/c1-15-25-26-22(27(15)13-16-7-3-2-4-8-16)30-14-20(28)24-19-10-6-5-9-18(19)21(29)23-17-11-12-17/h2-10,17H,11-14H2,1H3,(H,23,29)(H,24,28). The van der Waals surface area contributed by atoms with Crippen LogP contribution < -0.4 is 10.6 Å². The molecule has 0 bridgehead atoms. The molecule has 1 saturated carbocycles. The Balaban J connectivity index is 1.39. The van der Waals surface area contributed by atoms with Gasteiger partial charge in [-0.25, -0.2) is 0 Å². The number of nitrogens with zero attached hydrogens (tertiary/aromatic N) is 3. The van der Waals surface area contributed by atoms with Crippen LogP contribution >= 0.6 is 11.8 Å². The van der Waals surface area contributed by atoms with Gasteiger partial charge < -0.3 is 15.2 Å². The van der Waals surface area contributed by atoms with E-state index in [2.05, 4.69) is 20.8 Å². The third-order valence-corrected chi connectivity index (χ3v) is 5.74. The summed E-state index contributed by atoms with van der Waals surface area (Å²) in [4.78, 5) is 25.0. The number of aromatic nitrogens is 3. The van der Waals surface area contributed by atoms with Gasteiger partial charge in [-0.2, -0.15) is 0 Å². The second kappa shape index (κ2) is 9.13. The van der Waals surface area contributed by atoms with Gasteiger partial charge in [0.05, 0.1) is 23.5 Å². The molecule has 30 heavy (non-hydrogen) atoms. The second-order valence-corrected chi connectivity index (χ2v) is 8.17. The van der Waals surface area contributed by atoms with E-state index in [4.69, 9.17) is 0 Å². The molecule has 4 rings (SSSR count). The number of thioether (sulfide) groups is 1. The van der Waals surface area contributed by atoms with Gasteiger partial charge in [-0.3, -0.25) is 9.59 Å². The highest BCUT2D eigenvalue weighted by Gasteiger charge is 2.25. The molecular weight excluding hydrogens is 398 g/mol. The number of carbonyl (C=O) groups excluding carboxylic acids is 2. The van der Waals surface area contributed by atoms with E-state index in [9.17, 15) is 9.59 Å². The van der Waals surface area contributed by atoms with Crippen LogP contribution in [-0.4, -0.2) is 38.4 Å². The Bertz CT molecular complexity index is 1050. The van der Waals surface area contributed by atoms with Gasteiger partial charge in [0.25, 0.3) is 5.91 Å². The Hall–Kier alpha value is -3.13. The van der Waals surface area contributed by atoms with Gasteiger partial charge >= 0.3 is 0 Å². The van der Waals surface area contributed by atoms with Crippen molar-refractivity contribution in [3.8, 4) is 0 Å². The van der Waals surface area contributed by atoms with E-state index >= 15 is 0 Å². The number of hydrogen-bond donors (Lipinski definition) is 2. The fourth-order valence-corrected chi connectivity index (χ4v) is 3.80. The number of hydrogen-bond acceptors (Lipinski definition) is 5. The fourth-order valence-electron chi connectivity index (χ4n) is 3.01. The lowest BCUT2D eigenvalue weighted by atomic mass is 10.1. The number of benzene rings is 2. The Kier molecular flexibility index (Phi) is 6.13. The summed E-state index contributed by atoms with van der Waals surface area (Å²) in [6.45, 7) is 2.54. The molecule has 3 aromatic rings. The summed E-state index contributed by atoms with van der Waals surface area (Å²) in [5.41, 5.74) is 2.14. The number of amides is 2. The maximum absolute atomic E-state index is 12.6. The van der Waals surface area contributed by atoms with Crippen molar-refractivity contribution in [2.75, 3.05) is 11.1 Å². The van der Waals surface area contributed by atoms with Crippen LogP contribution in [0.2, 0.25) is 0 Å². The average molecular weight is 422 g/mol. The van der Waals surface area contributed by atoms with Crippen LogP contribution in [0.5, 0.6) is 0 Å². The van der Waals surface area contributed by atoms with Gasteiger partial charge in [0.2, 0.25) is 5.91 Å². The van der Waals surface area contributed by atoms with Gasteiger partial charge in [0.15, 0.2) is 5.16 Å². The van der Waals surface area contributed by atoms with Crippen LogP contribution in [0.15, 0.2) is 59.8 Å². The first-order valence-electron chi connectivity index (χ1n) is 9.86. The molecule has 0 unspecified atom stereocenters. The average Bonchev–Trinajstić information content (AvgIpc) is 3.50. The SMILES string of the molecule is Cc1nnc(SCC(=O)Nc2ccccc2C(=O)NC2CC2)n1Cc1ccccc1. The predicted molar refractivity (Wildman–Crippen MR) is 117 cm³/mol. The molecule has 154 valence electrons. The number of anilines is 1. The minimum absolute atomic E-state index is 0.153.